The molecule has 2 aliphatic rings. The first-order chi connectivity index (χ1) is 8.73. The predicted octanol–water partition coefficient (Wildman–Crippen LogP) is 2.15. The van der Waals surface area contributed by atoms with Crippen molar-refractivity contribution >= 4 is 0 Å². The predicted molar refractivity (Wildman–Crippen MR) is 70.2 cm³/mol. The van der Waals surface area contributed by atoms with Crippen LogP contribution in [0.15, 0.2) is 24.3 Å². The summed E-state index contributed by atoms with van der Waals surface area (Å²) in [6.07, 6.45) is 3.86. The molecule has 3 nitrogen and oxygen atoms in total. The highest BCUT2D eigenvalue weighted by Crippen LogP contribution is 2.42. The lowest BCUT2D eigenvalue weighted by molar-refractivity contribution is -0.0652. The molecule has 2 N–H and O–H groups in total. The molecule has 1 fully saturated rings. The third-order valence-electron chi connectivity index (χ3n) is 4.53. The summed E-state index contributed by atoms with van der Waals surface area (Å²) >= 11 is 0. The summed E-state index contributed by atoms with van der Waals surface area (Å²) in [5.74, 6) is 0. The molecular formula is C15H21NO2. The number of nitrogens with one attached hydrogen (secondary N) is 1. The SMILES string of the molecule is COC1CCC(O)(C2NCc3ccccc32)CC1. The van der Waals surface area contributed by atoms with E-state index in [0.29, 0.717) is 6.10 Å². The van der Waals surface area contributed by atoms with Crippen molar-refractivity contribution in [3.63, 3.8) is 0 Å². The highest BCUT2D eigenvalue weighted by molar-refractivity contribution is 5.36. The second-order valence-corrected chi connectivity index (χ2v) is 5.55. The first kappa shape index (κ1) is 12.2. The van der Waals surface area contributed by atoms with Crippen LogP contribution in [0, 0.1) is 0 Å². The van der Waals surface area contributed by atoms with E-state index in [9.17, 15) is 5.11 Å². The van der Waals surface area contributed by atoms with Crippen LogP contribution >= 0.6 is 0 Å². The van der Waals surface area contributed by atoms with Gasteiger partial charge in [-0.15, -0.1) is 0 Å². The van der Waals surface area contributed by atoms with Crippen molar-refractivity contribution < 1.29 is 9.84 Å². The summed E-state index contributed by atoms with van der Waals surface area (Å²) in [6.45, 7) is 0.872. The van der Waals surface area contributed by atoms with Crippen molar-refractivity contribution in [2.45, 2.75) is 50.0 Å². The zero-order valence-electron chi connectivity index (χ0n) is 10.9. The maximum absolute atomic E-state index is 10.9. The Balaban J connectivity index is 1.80. The largest absolute Gasteiger partial charge is 0.388 e. The molecular weight excluding hydrogens is 226 g/mol. The molecule has 1 unspecified atom stereocenters. The molecule has 1 saturated carbocycles. The molecule has 98 valence electrons. The van der Waals surface area contributed by atoms with E-state index in [0.717, 1.165) is 32.2 Å². The molecule has 0 bridgehead atoms. The Morgan fingerprint density at radius 1 is 1.28 bits per heavy atom. The van der Waals surface area contributed by atoms with Crippen LogP contribution in [0.1, 0.15) is 42.9 Å². The molecule has 1 heterocycles. The smallest absolute Gasteiger partial charge is 0.0843 e. The minimum atomic E-state index is -0.609. The average molecular weight is 247 g/mol. The molecule has 0 saturated heterocycles. The molecule has 1 aromatic carbocycles. The quantitative estimate of drug-likeness (QED) is 0.841. The van der Waals surface area contributed by atoms with Gasteiger partial charge in [0.1, 0.15) is 0 Å². The van der Waals surface area contributed by atoms with Gasteiger partial charge in [0.25, 0.3) is 0 Å². The van der Waals surface area contributed by atoms with Gasteiger partial charge < -0.3 is 15.2 Å². The van der Waals surface area contributed by atoms with Gasteiger partial charge in [0.05, 0.1) is 17.7 Å². The second-order valence-electron chi connectivity index (χ2n) is 5.55. The molecule has 3 rings (SSSR count). The van der Waals surface area contributed by atoms with Crippen LogP contribution in [-0.2, 0) is 11.3 Å². The highest BCUT2D eigenvalue weighted by Gasteiger charge is 2.43. The van der Waals surface area contributed by atoms with Gasteiger partial charge in [0, 0.05) is 13.7 Å². The zero-order valence-corrected chi connectivity index (χ0v) is 10.9. The van der Waals surface area contributed by atoms with Crippen molar-refractivity contribution in [1.82, 2.24) is 5.32 Å². The van der Waals surface area contributed by atoms with Gasteiger partial charge in [-0.1, -0.05) is 24.3 Å². The third kappa shape index (κ3) is 1.96. The third-order valence-corrected chi connectivity index (χ3v) is 4.53. The van der Waals surface area contributed by atoms with Crippen molar-refractivity contribution in [2.75, 3.05) is 7.11 Å². The molecule has 1 aromatic rings. The minimum absolute atomic E-state index is 0.0894. The average Bonchev–Trinajstić information content (AvgIpc) is 2.84. The van der Waals surface area contributed by atoms with Gasteiger partial charge in [-0.2, -0.15) is 0 Å². The van der Waals surface area contributed by atoms with Crippen molar-refractivity contribution in [2.24, 2.45) is 0 Å². The first-order valence-corrected chi connectivity index (χ1v) is 6.79. The molecule has 0 aromatic heterocycles. The maximum atomic E-state index is 10.9. The number of ether oxygens (including phenoxy) is 1. The van der Waals surface area contributed by atoms with E-state index in [1.54, 1.807) is 7.11 Å². The van der Waals surface area contributed by atoms with E-state index < -0.39 is 5.60 Å². The van der Waals surface area contributed by atoms with Crippen LogP contribution in [0.2, 0.25) is 0 Å². The van der Waals surface area contributed by atoms with Crippen molar-refractivity contribution in [3.8, 4) is 0 Å². The molecule has 3 heteroatoms. The number of aliphatic hydroxyl groups is 1. The molecule has 1 aliphatic carbocycles. The van der Waals surface area contributed by atoms with Gasteiger partial charge in [0.2, 0.25) is 0 Å². The lowest BCUT2D eigenvalue weighted by atomic mass is 9.76. The summed E-state index contributed by atoms with van der Waals surface area (Å²) in [7, 11) is 1.76. The van der Waals surface area contributed by atoms with Crippen LogP contribution in [0.4, 0.5) is 0 Å². The summed E-state index contributed by atoms with van der Waals surface area (Å²) in [6, 6.07) is 8.50. The van der Waals surface area contributed by atoms with E-state index in [4.69, 9.17) is 4.74 Å². The fraction of sp³-hybridized carbons (Fsp3) is 0.600. The van der Waals surface area contributed by atoms with E-state index in [-0.39, 0.29) is 6.04 Å². The van der Waals surface area contributed by atoms with Crippen molar-refractivity contribution in [3.05, 3.63) is 35.4 Å². The summed E-state index contributed by atoms with van der Waals surface area (Å²) in [5.41, 5.74) is 1.99. The number of fused-ring (bicyclic) bond motifs is 1. The zero-order chi connectivity index (χ0) is 12.6. The Hall–Kier alpha value is -0.900. The molecule has 18 heavy (non-hydrogen) atoms. The Bertz CT molecular complexity index is 424. The normalized spacial score (nSPS) is 35.4. The van der Waals surface area contributed by atoms with E-state index >= 15 is 0 Å². The topological polar surface area (TPSA) is 41.5 Å². The number of hydrogen-bond acceptors (Lipinski definition) is 3. The lowest BCUT2D eigenvalue weighted by Crippen LogP contribution is -2.45. The maximum Gasteiger partial charge on any atom is 0.0843 e. The first-order valence-electron chi connectivity index (χ1n) is 6.79. The van der Waals surface area contributed by atoms with Crippen LogP contribution in [0.25, 0.3) is 0 Å². The van der Waals surface area contributed by atoms with E-state index in [2.05, 4.69) is 29.6 Å². The number of methoxy groups -OCH3 is 1. The van der Waals surface area contributed by atoms with E-state index in [1.165, 1.54) is 11.1 Å². The minimum Gasteiger partial charge on any atom is -0.388 e. The van der Waals surface area contributed by atoms with Gasteiger partial charge >= 0.3 is 0 Å². The Morgan fingerprint density at radius 2 is 2.00 bits per heavy atom. The number of rotatable bonds is 2. The van der Waals surface area contributed by atoms with Crippen molar-refractivity contribution in [1.29, 1.82) is 0 Å². The fourth-order valence-electron chi connectivity index (χ4n) is 3.39. The van der Waals surface area contributed by atoms with Gasteiger partial charge in [0.15, 0.2) is 0 Å². The highest BCUT2D eigenvalue weighted by atomic mass is 16.5. The molecule has 0 amide bonds. The number of hydrogen-bond donors (Lipinski definition) is 2. The van der Waals surface area contributed by atoms with Crippen LogP contribution in [0.5, 0.6) is 0 Å². The van der Waals surface area contributed by atoms with Crippen LogP contribution < -0.4 is 5.32 Å². The lowest BCUT2D eigenvalue weighted by Gasteiger charge is -2.40. The summed E-state index contributed by atoms with van der Waals surface area (Å²) in [4.78, 5) is 0. The van der Waals surface area contributed by atoms with E-state index in [1.807, 2.05) is 0 Å². The Kier molecular flexibility index (Phi) is 3.14. The summed E-state index contributed by atoms with van der Waals surface area (Å²) in [5, 5.41) is 14.4. The standard InChI is InChI=1S/C15H21NO2/c1-18-12-6-8-15(17,9-7-12)14-13-5-3-2-4-11(13)10-16-14/h2-5,12,14,16-17H,6-10H2,1H3. The second kappa shape index (κ2) is 4.65. The Labute approximate surface area is 108 Å². The Morgan fingerprint density at radius 3 is 2.72 bits per heavy atom. The van der Waals surface area contributed by atoms with Gasteiger partial charge in [-0.3, -0.25) is 0 Å². The molecule has 0 spiro atoms. The van der Waals surface area contributed by atoms with Crippen LogP contribution in [-0.4, -0.2) is 23.9 Å². The number of benzene rings is 1. The molecule has 0 radical (unpaired) electrons. The van der Waals surface area contributed by atoms with Crippen LogP contribution in [0.3, 0.4) is 0 Å². The summed E-state index contributed by atoms with van der Waals surface area (Å²) < 4.78 is 5.39. The molecule has 1 atom stereocenters. The van der Waals surface area contributed by atoms with Gasteiger partial charge in [-0.25, -0.2) is 0 Å². The monoisotopic (exact) mass is 247 g/mol. The molecule has 1 aliphatic heterocycles. The van der Waals surface area contributed by atoms with Gasteiger partial charge in [-0.05, 0) is 36.8 Å². The fourth-order valence-corrected chi connectivity index (χ4v) is 3.39.